The molecule has 2 atom stereocenters. The molecule has 1 saturated heterocycles. The molecule has 0 spiro atoms. The van der Waals surface area contributed by atoms with E-state index in [0.29, 0.717) is 50.7 Å². The Morgan fingerprint density at radius 1 is 0.889 bits per heavy atom. The highest BCUT2D eigenvalue weighted by Crippen LogP contribution is 2.46. The molecule has 0 saturated carbocycles. The minimum absolute atomic E-state index is 0.00119. The van der Waals surface area contributed by atoms with E-state index >= 15 is 4.39 Å². The molecule has 0 amide bonds. The van der Waals surface area contributed by atoms with Crippen molar-refractivity contribution in [1.82, 2.24) is 0 Å². The molecule has 7 heteroatoms. The molecule has 2 heterocycles. The molecule has 36 heavy (non-hydrogen) atoms. The van der Waals surface area contributed by atoms with Gasteiger partial charge in [0.25, 0.3) is 0 Å². The minimum atomic E-state index is -0.857. The topological polar surface area (TPSA) is 36.9 Å². The zero-order valence-corrected chi connectivity index (χ0v) is 20.7. The average molecular weight is 515 g/mol. The third-order valence-corrected chi connectivity index (χ3v) is 7.22. The summed E-state index contributed by atoms with van der Waals surface area (Å²) in [6.07, 6.45) is 1.52. The van der Waals surface area contributed by atoms with Crippen molar-refractivity contribution >= 4 is 11.6 Å². The lowest BCUT2D eigenvalue weighted by molar-refractivity contribution is -0.186. The van der Waals surface area contributed by atoms with Gasteiger partial charge in [0, 0.05) is 35.3 Å². The fourth-order valence-electron chi connectivity index (χ4n) is 5.18. The fraction of sp³-hybridized carbons (Fsp3) is 0.379. The lowest BCUT2D eigenvalue weighted by Crippen LogP contribution is -2.40. The fourth-order valence-corrected chi connectivity index (χ4v) is 5.31. The van der Waals surface area contributed by atoms with Gasteiger partial charge in [-0.25, -0.2) is 8.78 Å². The highest BCUT2D eigenvalue weighted by molar-refractivity contribution is 6.30. The number of fused-ring (bicyclic) bond motifs is 1. The molecule has 0 aromatic heterocycles. The lowest BCUT2D eigenvalue weighted by Gasteiger charge is -2.39. The van der Waals surface area contributed by atoms with Crippen LogP contribution >= 0.6 is 11.6 Å². The largest absolute Gasteiger partial charge is 0.490 e. The Bertz CT molecular complexity index is 1150. The average Bonchev–Trinajstić information content (AvgIpc) is 3.35. The summed E-state index contributed by atoms with van der Waals surface area (Å²) >= 11 is 6.07. The zero-order chi connectivity index (χ0) is 25.0. The highest BCUT2D eigenvalue weighted by atomic mass is 35.5. The predicted octanol–water partition coefficient (Wildman–Crippen LogP) is 6.69. The van der Waals surface area contributed by atoms with Crippen LogP contribution in [0, 0.1) is 17.6 Å². The Morgan fingerprint density at radius 2 is 1.61 bits per heavy atom. The molecule has 0 bridgehead atoms. The van der Waals surface area contributed by atoms with Gasteiger partial charge >= 0.3 is 0 Å². The normalized spacial score (nSPS) is 20.6. The molecule has 1 fully saturated rings. The van der Waals surface area contributed by atoms with Gasteiger partial charge in [0.15, 0.2) is 17.4 Å². The molecular weight excluding hydrogens is 486 g/mol. The van der Waals surface area contributed by atoms with Gasteiger partial charge in [0.2, 0.25) is 0 Å². The summed E-state index contributed by atoms with van der Waals surface area (Å²) in [5.41, 5.74) is 2.35. The Morgan fingerprint density at radius 3 is 2.36 bits per heavy atom. The maximum atomic E-state index is 15.1. The van der Waals surface area contributed by atoms with Crippen molar-refractivity contribution in [1.29, 1.82) is 0 Å². The molecule has 2 aliphatic rings. The number of ether oxygens (including phenoxy) is 4. The number of halogens is 3. The van der Waals surface area contributed by atoms with Gasteiger partial charge in [-0.2, -0.15) is 0 Å². The second kappa shape index (κ2) is 11.3. The summed E-state index contributed by atoms with van der Waals surface area (Å²) in [4.78, 5) is 0. The van der Waals surface area contributed by atoms with Crippen LogP contribution in [0.2, 0.25) is 5.02 Å². The number of rotatable bonds is 9. The molecule has 3 aromatic carbocycles. The van der Waals surface area contributed by atoms with E-state index in [1.165, 1.54) is 6.07 Å². The Hall–Kier alpha value is -2.51. The van der Waals surface area contributed by atoms with Crippen LogP contribution in [0.1, 0.15) is 35.4 Å². The van der Waals surface area contributed by atoms with Gasteiger partial charge in [0.05, 0.1) is 33.0 Å². The molecule has 190 valence electrons. The summed E-state index contributed by atoms with van der Waals surface area (Å²) in [5, 5.41) is 0.627. The second-order valence-electron chi connectivity index (χ2n) is 9.38. The van der Waals surface area contributed by atoms with Crippen LogP contribution in [0.15, 0.2) is 66.7 Å². The lowest BCUT2D eigenvalue weighted by atomic mass is 9.76. The summed E-state index contributed by atoms with van der Waals surface area (Å²) in [6, 6.07) is 19.7. The summed E-state index contributed by atoms with van der Waals surface area (Å²) in [6.45, 7) is 2.15. The molecule has 0 N–H and O–H groups in total. The minimum Gasteiger partial charge on any atom is -0.490 e. The van der Waals surface area contributed by atoms with Gasteiger partial charge in [0.1, 0.15) is 5.82 Å². The monoisotopic (exact) mass is 514 g/mol. The molecule has 4 nitrogen and oxygen atoms in total. The number of benzene rings is 3. The highest BCUT2D eigenvalue weighted by Gasteiger charge is 2.44. The smallest absolute Gasteiger partial charge is 0.171 e. The molecule has 0 unspecified atom stereocenters. The SMILES string of the molecule is Fc1ccc(F)c2c1OC[C@@H](CC1(CCOCc3ccccc3)OCCO1)[C@@H]2Cc1ccc(Cl)cc1. The van der Waals surface area contributed by atoms with E-state index in [-0.39, 0.29) is 29.8 Å². The van der Waals surface area contributed by atoms with E-state index in [1.807, 2.05) is 54.6 Å². The van der Waals surface area contributed by atoms with E-state index in [9.17, 15) is 4.39 Å². The van der Waals surface area contributed by atoms with E-state index in [1.54, 1.807) is 0 Å². The quantitative estimate of drug-likeness (QED) is 0.298. The number of hydrogen-bond donors (Lipinski definition) is 0. The van der Waals surface area contributed by atoms with Crippen LogP contribution in [-0.2, 0) is 27.2 Å². The van der Waals surface area contributed by atoms with E-state index in [0.717, 1.165) is 17.2 Å². The van der Waals surface area contributed by atoms with Gasteiger partial charge in [-0.3, -0.25) is 0 Å². The third kappa shape index (κ3) is 5.73. The Kier molecular flexibility index (Phi) is 7.87. The van der Waals surface area contributed by atoms with Crippen molar-refractivity contribution < 1.29 is 27.7 Å². The van der Waals surface area contributed by atoms with Crippen LogP contribution in [-0.4, -0.2) is 32.2 Å². The molecule has 0 aliphatic carbocycles. The van der Waals surface area contributed by atoms with Crippen molar-refractivity contribution in [3.8, 4) is 5.75 Å². The van der Waals surface area contributed by atoms with Crippen molar-refractivity contribution in [3.05, 3.63) is 100 Å². The maximum absolute atomic E-state index is 15.1. The van der Waals surface area contributed by atoms with Crippen LogP contribution in [0.25, 0.3) is 0 Å². The van der Waals surface area contributed by atoms with Crippen LogP contribution in [0.4, 0.5) is 8.78 Å². The summed E-state index contributed by atoms with van der Waals surface area (Å²) in [7, 11) is 0. The van der Waals surface area contributed by atoms with Crippen molar-refractivity contribution in [2.75, 3.05) is 26.4 Å². The van der Waals surface area contributed by atoms with Gasteiger partial charge in [-0.15, -0.1) is 0 Å². The molecule has 2 aliphatic heterocycles. The molecule has 3 aromatic rings. The predicted molar refractivity (Wildman–Crippen MR) is 133 cm³/mol. The number of hydrogen-bond acceptors (Lipinski definition) is 4. The van der Waals surface area contributed by atoms with E-state index in [4.69, 9.17) is 30.5 Å². The van der Waals surface area contributed by atoms with Gasteiger partial charge in [-0.1, -0.05) is 54.1 Å². The maximum Gasteiger partial charge on any atom is 0.171 e. The van der Waals surface area contributed by atoms with Crippen LogP contribution < -0.4 is 4.74 Å². The van der Waals surface area contributed by atoms with E-state index < -0.39 is 17.4 Å². The third-order valence-electron chi connectivity index (χ3n) is 6.97. The standard InChI is InChI=1S/C29H29ClF2O4/c30-23-8-6-20(7-9-23)16-24-22(19-34-28-26(32)11-10-25(31)27(24)28)17-29(35-14-15-36-29)12-13-33-18-21-4-2-1-3-5-21/h1-11,22,24H,12-19H2/t22-,24+/m1/s1. The summed E-state index contributed by atoms with van der Waals surface area (Å²) in [5.74, 6) is -2.35. The van der Waals surface area contributed by atoms with Crippen molar-refractivity contribution in [2.45, 2.75) is 37.6 Å². The molecule has 5 rings (SSSR count). The van der Waals surface area contributed by atoms with Crippen molar-refractivity contribution in [3.63, 3.8) is 0 Å². The van der Waals surface area contributed by atoms with Crippen molar-refractivity contribution in [2.24, 2.45) is 5.92 Å². The molecule has 0 radical (unpaired) electrons. The zero-order valence-electron chi connectivity index (χ0n) is 19.9. The first-order valence-corrected chi connectivity index (χ1v) is 12.7. The second-order valence-corrected chi connectivity index (χ2v) is 9.82. The van der Waals surface area contributed by atoms with Crippen LogP contribution in [0.3, 0.4) is 0 Å². The first-order valence-electron chi connectivity index (χ1n) is 12.3. The van der Waals surface area contributed by atoms with Gasteiger partial charge in [-0.05, 0) is 41.8 Å². The van der Waals surface area contributed by atoms with E-state index in [2.05, 4.69) is 0 Å². The van der Waals surface area contributed by atoms with Crippen LogP contribution in [0.5, 0.6) is 5.75 Å². The summed E-state index contributed by atoms with van der Waals surface area (Å²) < 4.78 is 53.6. The first kappa shape index (κ1) is 25.2. The Labute approximate surface area is 215 Å². The molecular formula is C29H29ClF2O4. The Balaban J connectivity index is 1.35. The van der Waals surface area contributed by atoms with Gasteiger partial charge < -0.3 is 18.9 Å². The first-order chi connectivity index (χ1) is 17.5.